The minimum Gasteiger partial charge on any atom is -0.497 e. The van der Waals surface area contributed by atoms with Gasteiger partial charge in [-0.05, 0) is 51.3 Å². The van der Waals surface area contributed by atoms with E-state index in [0.29, 0.717) is 0 Å². The third-order valence-electron chi connectivity index (χ3n) is 4.44. The van der Waals surface area contributed by atoms with Gasteiger partial charge in [-0.1, -0.05) is 0 Å². The van der Waals surface area contributed by atoms with Crippen molar-refractivity contribution in [3.8, 4) is 5.75 Å². The molecule has 0 spiro atoms. The van der Waals surface area contributed by atoms with Gasteiger partial charge in [-0.3, -0.25) is 0 Å². The maximum absolute atomic E-state index is 6.15. The van der Waals surface area contributed by atoms with Crippen LogP contribution in [0.1, 0.15) is 27.7 Å². The predicted octanol–water partition coefficient (Wildman–Crippen LogP) is 2.48. The van der Waals surface area contributed by atoms with Gasteiger partial charge in [0.1, 0.15) is 5.75 Å². The van der Waals surface area contributed by atoms with Gasteiger partial charge in [-0.15, -0.1) is 0 Å². The first-order valence-corrected chi connectivity index (χ1v) is 6.85. The van der Waals surface area contributed by atoms with E-state index in [9.17, 15) is 0 Å². The molecule has 3 rings (SSSR count). The molecule has 1 saturated heterocycles. The van der Waals surface area contributed by atoms with Gasteiger partial charge in [0, 0.05) is 17.2 Å². The average Bonchev–Trinajstić information content (AvgIpc) is 2.90. The van der Waals surface area contributed by atoms with Gasteiger partial charge in [0.25, 0.3) is 0 Å². The minimum absolute atomic E-state index is 0.364. The van der Waals surface area contributed by atoms with E-state index < -0.39 is 7.12 Å². The fourth-order valence-electron chi connectivity index (χ4n) is 2.50. The van der Waals surface area contributed by atoms with Crippen LogP contribution >= 0.6 is 0 Å². The molecule has 0 saturated carbocycles. The highest BCUT2D eigenvalue weighted by Gasteiger charge is 2.53. The molecule has 0 bridgehead atoms. The molecule has 20 heavy (non-hydrogen) atoms. The van der Waals surface area contributed by atoms with Gasteiger partial charge >= 0.3 is 7.12 Å². The van der Waals surface area contributed by atoms with Crippen molar-refractivity contribution >= 4 is 23.5 Å². The van der Waals surface area contributed by atoms with E-state index in [-0.39, 0.29) is 11.2 Å². The van der Waals surface area contributed by atoms with Crippen molar-refractivity contribution in [2.24, 2.45) is 0 Å². The van der Waals surface area contributed by atoms with Gasteiger partial charge in [0.15, 0.2) is 0 Å². The van der Waals surface area contributed by atoms with E-state index in [1.54, 1.807) is 7.11 Å². The number of aromatic nitrogens is 1. The number of ether oxygens (including phenoxy) is 1. The zero-order valence-electron chi connectivity index (χ0n) is 12.6. The SMILES string of the molecule is COc1ccc2cc[nH]c2c1B1OC(C)(C)C(C)(C)O1. The number of benzene rings is 1. The van der Waals surface area contributed by atoms with Crippen molar-refractivity contribution in [1.29, 1.82) is 0 Å². The van der Waals surface area contributed by atoms with Gasteiger partial charge in [-0.25, -0.2) is 0 Å². The lowest BCUT2D eigenvalue weighted by atomic mass is 9.77. The Hall–Kier alpha value is -1.46. The third kappa shape index (κ3) is 1.85. The molecule has 0 radical (unpaired) electrons. The fourth-order valence-corrected chi connectivity index (χ4v) is 2.50. The molecule has 1 fully saturated rings. The van der Waals surface area contributed by atoms with Gasteiger partial charge in [0.2, 0.25) is 0 Å². The van der Waals surface area contributed by atoms with Crippen LogP contribution in [0, 0.1) is 0 Å². The summed E-state index contributed by atoms with van der Waals surface area (Å²) < 4.78 is 17.8. The normalized spacial score (nSPS) is 20.6. The molecule has 1 aromatic carbocycles. The molecule has 0 atom stereocenters. The Kier molecular flexibility index (Phi) is 2.89. The molecule has 2 heterocycles. The number of nitrogens with one attached hydrogen (secondary N) is 1. The topological polar surface area (TPSA) is 43.5 Å². The second-order valence-corrected chi connectivity index (χ2v) is 6.21. The first kappa shape index (κ1) is 13.5. The molecule has 5 heteroatoms. The summed E-state index contributed by atoms with van der Waals surface area (Å²) in [4.78, 5) is 3.25. The highest BCUT2D eigenvalue weighted by atomic mass is 16.7. The molecular formula is C15H20BNO3. The summed E-state index contributed by atoms with van der Waals surface area (Å²) in [6.45, 7) is 8.20. The molecule has 0 amide bonds. The number of aromatic amines is 1. The lowest BCUT2D eigenvalue weighted by Crippen LogP contribution is -2.41. The van der Waals surface area contributed by atoms with Crippen molar-refractivity contribution in [3.05, 3.63) is 24.4 Å². The highest BCUT2D eigenvalue weighted by Crippen LogP contribution is 2.37. The van der Waals surface area contributed by atoms with Crippen LogP contribution < -0.4 is 10.2 Å². The van der Waals surface area contributed by atoms with Gasteiger partial charge < -0.3 is 19.0 Å². The minimum atomic E-state index is -0.433. The zero-order chi connectivity index (χ0) is 14.5. The summed E-state index contributed by atoms with van der Waals surface area (Å²) in [6.07, 6.45) is 1.92. The maximum atomic E-state index is 6.15. The highest BCUT2D eigenvalue weighted by molar-refractivity contribution is 6.66. The quantitative estimate of drug-likeness (QED) is 0.855. The van der Waals surface area contributed by atoms with Crippen molar-refractivity contribution in [2.45, 2.75) is 38.9 Å². The third-order valence-corrected chi connectivity index (χ3v) is 4.44. The zero-order valence-corrected chi connectivity index (χ0v) is 12.6. The smallest absolute Gasteiger partial charge is 0.497 e. The van der Waals surface area contributed by atoms with Crippen LogP contribution in [0.3, 0.4) is 0 Å². The van der Waals surface area contributed by atoms with E-state index in [2.05, 4.69) is 4.98 Å². The average molecular weight is 273 g/mol. The second-order valence-electron chi connectivity index (χ2n) is 6.21. The van der Waals surface area contributed by atoms with Gasteiger partial charge in [0.05, 0.1) is 18.3 Å². The summed E-state index contributed by atoms with van der Waals surface area (Å²) in [5.41, 5.74) is 1.20. The Morgan fingerprint density at radius 1 is 1.05 bits per heavy atom. The van der Waals surface area contributed by atoms with E-state index in [1.165, 1.54) is 0 Å². The Balaban J connectivity index is 2.13. The number of H-pyrrole nitrogens is 1. The maximum Gasteiger partial charge on any atom is 0.500 e. The van der Waals surface area contributed by atoms with E-state index in [1.807, 2.05) is 52.1 Å². The monoisotopic (exact) mass is 273 g/mol. The van der Waals surface area contributed by atoms with Crippen molar-refractivity contribution in [1.82, 2.24) is 4.98 Å². The Morgan fingerprint density at radius 2 is 1.70 bits per heavy atom. The Bertz CT molecular complexity index is 632. The Labute approximate surface area is 119 Å². The molecule has 106 valence electrons. The molecule has 1 N–H and O–H groups in total. The van der Waals surface area contributed by atoms with E-state index in [0.717, 1.165) is 22.1 Å². The summed E-state index contributed by atoms with van der Waals surface area (Å²) in [7, 11) is 1.23. The summed E-state index contributed by atoms with van der Waals surface area (Å²) in [5, 5.41) is 1.12. The number of rotatable bonds is 2. The lowest BCUT2D eigenvalue weighted by Gasteiger charge is -2.32. The second kappa shape index (κ2) is 4.27. The van der Waals surface area contributed by atoms with Crippen LogP contribution in [0.15, 0.2) is 24.4 Å². The van der Waals surface area contributed by atoms with Crippen LogP contribution in [-0.2, 0) is 9.31 Å². The number of hydrogen-bond donors (Lipinski definition) is 1. The molecular weight excluding hydrogens is 253 g/mol. The first-order valence-electron chi connectivity index (χ1n) is 6.85. The fraction of sp³-hybridized carbons (Fsp3) is 0.467. The summed E-state index contributed by atoms with van der Waals surface area (Å²) in [5.74, 6) is 0.776. The van der Waals surface area contributed by atoms with Gasteiger partial charge in [-0.2, -0.15) is 0 Å². The summed E-state index contributed by atoms with van der Waals surface area (Å²) in [6, 6.07) is 6.01. The first-order chi connectivity index (χ1) is 9.36. The van der Waals surface area contributed by atoms with E-state index >= 15 is 0 Å². The number of fused-ring (bicyclic) bond motifs is 1. The summed E-state index contributed by atoms with van der Waals surface area (Å²) >= 11 is 0. The predicted molar refractivity (Wildman–Crippen MR) is 80.6 cm³/mol. The molecule has 1 aliphatic rings. The largest absolute Gasteiger partial charge is 0.500 e. The van der Waals surface area contributed by atoms with Crippen molar-refractivity contribution in [3.63, 3.8) is 0 Å². The Morgan fingerprint density at radius 3 is 2.30 bits per heavy atom. The van der Waals surface area contributed by atoms with Crippen LogP contribution in [0.2, 0.25) is 0 Å². The van der Waals surface area contributed by atoms with Crippen molar-refractivity contribution < 1.29 is 14.0 Å². The molecule has 4 nitrogen and oxygen atoms in total. The van der Waals surface area contributed by atoms with E-state index in [4.69, 9.17) is 14.0 Å². The number of methoxy groups -OCH3 is 1. The molecule has 2 aromatic rings. The lowest BCUT2D eigenvalue weighted by molar-refractivity contribution is 0.00578. The van der Waals surface area contributed by atoms with Crippen molar-refractivity contribution in [2.75, 3.05) is 7.11 Å². The molecule has 1 aromatic heterocycles. The number of hydrogen-bond acceptors (Lipinski definition) is 3. The molecule has 0 unspecified atom stereocenters. The standard InChI is InChI=1S/C15H20BNO3/c1-14(2)15(3,4)20-16(19-14)12-11(18-5)7-6-10-8-9-17-13(10)12/h6-9,17H,1-5H3. The van der Waals surface area contributed by atoms with Crippen LogP contribution in [0.5, 0.6) is 5.75 Å². The molecule has 1 aliphatic heterocycles. The van der Waals surface area contributed by atoms with Crippen LogP contribution in [0.4, 0.5) is 0 Å². The molecule has 0 aliphatic carbocycles. The van der Waals surface area contributed by atoms with Crippen LogP contribution in [-0.4, -0.2) is 30.4 Å². The van der Waals surface area contributed by atoms with Crippen LogP contribution in [0.25, 0.3) is 10.9 Å².